The van der Waals surface area contributed by atoms with E-state index in [0.717, 1.165) is 12.0 Å². The summed E-state index contributed by atoms with van der Waals surface area (Å²) in [7, 11) is 0. The van der Waals surface area contributed by atoms with E-state index in [1.807, 2.05) is 6.20 Å². The van der Waals surface area contributed by atoms with Crippen molar-refractivity contribution in [2.24, 2.45) is 5.92 Å². The second-order valence-electron chi connectivity index (χ2n) is 5.42. The summed E-state index contributed by atoms with van der Waals surface area (Å²) in [6, 6.07) is 5.53. The third-order valence-corrected chi connectivity index (χ3v) is 4.09. The van der Waals surface area contributed by atoms with Gasteiger partial charge in [-0.25, -0.2) is 0 Å². The Morgan fingerprint density at radius 3 is 3.06 bits per heavy atom. The molecule has 0 bridgehead atoms. The molecule has 3 rings (SSSR count). The van der Waals surface area contributed by atoms with Crippen LogP contribution >= 0.6 is 0 Å². The van der Waals surface area contributed by atoms with Crippen LogP contribution in [0.5, 0.6) is 0 Å². The molecule has 1 N–H and O–H groups in total. The van der Waals surface area contributed by atoms with Crippen molar-refractivity contribution in [3.63, 3.8) is 0 Å². The number of pyridine rings is 1. The highest BCUT2D eigenvalue weighted by Crippen LogP contribution is 2.32. The minimum absolute atomic E-state index is 0.520. The molecule has 1 saturated carbocycles. The molecule has 0 saturated heterocycles. The molecule has 0 aliphatic heterocycles. The summed E-state index contributed by atoms with van der Waals surface area (Å²) in [5.41, 5.74) is 2.76. The van der Waals surface area contributed by atoms with Crippen LogP contribution in [0.4, 0.5) is 0 Å². The Morgan fingerprint density at radius 2 is 2.25 bits per heavy atom. The maximum Gasteiger partial charge on any atom is 0.0605 e. The quantitative estimate of drug-likeness (QED) is 0.822. The molecule has 2 aliphatic carbocycles. The fourth-order valence-electron chi connectivity index (χ4n) is 3.22. The lowest BCUT2D eigenvalue weighted by Gasteiger charge is -2.18. The third kappa shape index (κ3) is 1.86. The molecule has 2 heteroatoms. The van der Waals surface area contributed by atoms with E-state index in [0.29, 0.717) is 6.04 Å². The number of rotatable bonds is 2. The van der Waals surface area contributed by atoms with Crippen molar-refractivity contribution < 1.29 is 0 Å². The number of nitrogens with one attached hydrogen (secondary N) is 1. The normalized spacial score (nSPS) is 32.9. The van der Waals surface area contributed by atoms with Crippen LogP contribution in [0.1, 0.15) is 49.9 Å². The van der Waals surface area contributed by atoms with Gasteiger partial charge in [-0.15, -0.1) is 0 Å². The number of hydrogen-bond acceptors (Lipinski definition) is 2. The minimum atomic E-state index is 0.520. The standard InChI is InChI=1S/C14H20N2/c1-10-4-6-12(9-10)16-13-7-5-11-3-2-8-15-14(11)13/h2-3,8,10,12-13,16H,4-7,9H2,1H3. The molecule has 16 heavy (non-hydrogen) atoms. The Balaban J connectivity index is 1.69. The summed E-state index contributed by atoms with van der Waals surface area (Å²) in [6.45, 7) is 2.36. The smallest absolute Gasteiger partial charge is 0.0605 e. The summed E-state index contributed by atoms with van der Waals surface area (Å²) in [5, 5.41) is 3.80. The minimum Gasteiger partial charge on any atom is -0.306 e. The van der Waals surface area contributed by atoms with Crippen molar-refractivity contribution in [2.75, 3.05) is 0 Å². The summed E-state index contributed by atoms with van der Waals surface area (Å²) >= 11 is 0. The van der Waals surface area contributed by atoms with E-state index in [1.165, 1.54) is 43.4 Å². The first-order valence-electron chi connectivity index (χ1n) is 6.53. The Bertz CT molecular complexity index is 375. The van der Waals surface area contributed by atoms with Crippen LogP contribution < -0.4 is 5.32 Å². The lowest BCUT2D eigenvalue weighted by Crippen LogP contribution is -2.30. The molecule has 1 aromatic rings. The first-order valence-corrected chi connectivity index (χ1v) is 6.53. The van der Waals surface area contributed by atoms with Crippen molar-refractivity contribution in [2.45, 2.75) is 51.1 Å². The summed E-state index contributed by atoms with van der Waals surface area (Å²) < 4.78 is 0. The van der Waals surface area contributed by atoms with Gasteiger partial charge in [0.2, 0.25) is 0 Å². The van der Waals surface area contributed by atoms with Crippen molar-refractivity contribution in [1.29, 1.82) is 0 Å². The fraction of sp³-hybridized carbons (Fsp3) is 0.643. The van der Waals surface area contributed by atoms with Gasteiger partial charge in [0.05, 0.1) is 11.7 Å². The molecule has 1 aromatic heterocycles. The van der Waals surface area contributed by atoms with Crippen LogP contribution in [0.25, 0.3) is 0 Å². The van der Waals surface area contributed by atoms with Gasteiger partial charge in [-0.05, 0) is 49.7 Å². The molecule has 3 unspecified atom stereocenters. The Labute approximate surface area is 97.5 Å². The van der Waals surface area contributed by atoms with Gasteiger partial charge in [-0.3, -0.25) is 4.98 Å². The van der Waals surface area contributed by atoms with Crippen LogP contribution in [0, 0.1) is 5.92 Å². The molecule has 3 atom stereocenters. The molecular formula is C14H20N2. The molecular weight excluding hydrogens is 196 g/mol. The highest BCUT2D eigenvalue weighted by Gasteiger charge is 2.28. The molecule has 2 nitrogen and oxygen atoms in total. The Morgan fingerprint density at radius 1 is 1.31 bits per heavy atom. The molecule has 0 radical (unpaired) electrons. The monoisotopic (exact) mass is 216 g/mol. The van der Waals surface area contributed by atoms with Gasteiger partial charge in [-0.2, -0.15) is 0 Å². The van der Waals surface area contributed by atoms with Crippen molar-refractivity contribution >= 4 is 0 Å². The molecule has 0 spiro atoms. The maximum absolute atomic E-state index is 4.54. The van der Waals surface area contributed by atoms with Crippen LogP contribution in [-0.4, -0.2) is 11.0 Å². The number of aromatic nitrogens is 1. The number of hydrogen-bond donors (Lipinski definition) is 1. The van der Waals surface area contributed by atoms with Gasteiger partial charge < -0.3 is 5.32 Å². The fourth-order valence-corrected chi connectivity index (χ4v) is 3.22. The van der Waals surface area contributed by atoms with Gasteiger partial charge in [0.1, 0.15) is 0 Å². The second-order valence-corrected chi connectivity index (χ2v) is 5.42. The van der Waals surface area contributed by atoms with E-state index in [-0.39, 0.29) is 0 Å². The summed E-state index contributed by atoms with van der Waals surface area (Å²) in [6.07, 6.45) is 8.44. The van der Waals surface area contributed by atoms with Gasteiger partial charge in [0, 0.05) is 12.2 Å². The van der Waals surface area contributed by atoms with E-state index in [1.54, 1.807) is 0 Å². The van der Waals surface area contributed by atoms with E-state index in [9.17, 15) is 0 Å². The maximum atomic E-state index is 4.54. The van der Waals surface area contributed by atoms with Crippen molar-refractivity contribution in [1.82, 2.24) is 10.3 Å². The van der Waals surface area contributed by atoms with Crippen molar-refractivity contribution in [3.8, 4) is 0 Å². The van der Waals surface area contributed by atoms with Crippen LogP contribution in [-0.2, 0) is 6.42 Å². The second kappa shape index (κ2) is 4.17. The Hall–Kier alpha value is -0.890. The lowest BCUT2D eigenvalue weighted by atomic mass is 10.1. The van der Waals surface area contributed by atoms with Crippen LogP contribution in [0.2, 0.25) is 0 Å². The molecule has 1 fully saturated rings. The van der Waals surface area contributed by atoms with Gasteiger partial charge >= 0.3 is 0 Å². The van der Waals surface area contributed by atoms with Crippen LogP contribution in [0.15, 0.2) is 18.3 Å². The van der Waals surface area contributed by atoms with E-state index in [4.69, 9.17) is 0 Å². The average Bonchev–Trinajstić information content (AvgIpc) is 2.87. The molecule has 0 amide bonds. The van der Waals surface area contributed by atoms with Gasteiger partial charge in [-0.1, -0.05) is 13.0 Å². The molecule has 1 heterocycles. The van der Waals surface area contributed by atoms with E-state index < -0.39 is 0 Å². The molecule has 0 aromatic carbocycles. The predicted octanol–water partition coefficient (Wildman–Crippen LogP) is 2.85. The molecule has 86 valence electrons. The topological polar surface area (TPSA) is 24.9 Å². The van der Waals surface area contributed by atoms with E-state index in [2.05, 4.69) is 29.4 Å². The largest absolute Gasteiger partial charge is 0.306 e. The third-order valence-electron chi connectivity index (χ3n) is 4.09. The highest BCUT2D eigenvalue weighted by molar-refractivity contribution is 5.28. The zero-order valence-corrected chi connectivity index (χ0v) is 9.95. The van der Waals surface area contributed by atoms with Gasteiger partial charge in [0.15, 0.2) is 0 Å². The average molecular weight is 216 g/mol. The van der Waals surface area contributed by atoms with Gasteiger partial charge in [0.25, 0.3) is 0 Å². The molecule has 2 aliphatic rings. The van der Waals surface area contributed by atoms with E-state index >= 15 is 0 Å². The lowest BCUT2D eigenvalue weighted by molar-refractivity contribution is 0.423. The van der Waals surface area contributed by atoms with Crippen molar-refractivity contribution in [3.05, 3.63) is 29.6 Å². The summed E-state index contributed by atoms with van der Waals surface area (Å²) in [4.78, 5) is 4.54. The highest BCUT2D eigenvalue weighted by atomic mass is 15.0. The SMILES string of the molecule is CC1CCC(NC2CCc3cccnc32)C1. The van der Waals surface area contributed by atoms with Crippen LogP contribution in [0.3, 0.4) is 0 Å². The Kier molecular flexibility index (Phi) is 2.68. The summed E-state index contributed by atoms with van der Waals surface area (Å²) in [5.74, 6) is 0.905. The number of aryl methyl sites for hydroxylation is 1. The zero-order valence-electron chi connectivity index (χ0n) is 9.95. The zero-order chi connectivity index (χ0) is 11.0. The predicted molar refractivity (Wildman–Crippen MR) is 65.2 cm³/mol. The number of nitrogens with zero attached hydrogens (tertiary/aromatic N) is 1. The number of fused-ring (bicyclic) bond motifs is 1. The first kappa shape index (κ1) is 10.3. The first-order chi connectivity index (χ1) is 7.83.